The standard InChI is InChI=1S/C28H36N2O/c1-31-26-15-18-30(23-10-3-2-4-11-23)28(26)16-19-29(20-17-28)25-14-13-22-8-5-7-21-9-6-12-24(25)27(21)22/h2-4,6,9-12,22,25-26H,5,7-8,13-20H2,1H3. The number of rotatable bonds is 3. The molecule has 3 nitrogen and oxygen atoms in total. The number of likely N-dealkylation sites (tertiary alicyclic amines) is 1. The third kappa shape index (κ3) is 3.15. The quantitative estimate of drug-likeness (QED) is 0.638. The molecule has 2 aromatic carbocycles. The summed E-state index contributed by atoms with van der Waals surface area (Å²) in [5.74, 6) is 0.827. The van der Waals surface area contributed by atoms with Crippen molar-refractivity contribution in [3.8, 4) is 0 Å². The Morgan fingerprint density at radius 3 is 2.52 bits per heavy atom. The molecule has 0 bridgehead atoms. The number of hydrogen-bond donors (Lipinski definition) is 0. The van der Waals surface area contributed by atoms with E-state index in [-0.39, 0.29) is 5.54 Å². The summed E-state index contributed by atoms with van der Waals surface area (Å²) in [4.78, 5) is 5.50. The Balaban J connectivity index is 1.26. The molecule has 2 aliphatic heterocycles. The second kappa shape index (κ2) is 7.94. The van der Waals surface area contributed by atoms with Gasteiger partial charge in [-0.3, -0.25) is 4.90 Å². The van der Waals surface area contributed by atoms with Crippen LogP contribution in [0.1, 0.15) is 73.6 Å². The van der Waals surface area contributed by atoms with Crippen LogP contribution in [-0.4, -0.2) is 43.3 Å². The molecule has 2 aromatic rings. The molecule has 3 atom stereocenters. The van der Waals surface area contributed by atoms with E-state index in [1.165, 1.54) is 63.7 Å². The van der Waals surface area contributed by atoms with Crippen molar-refractivity contribution in [3.63, 3.8) is 0 Å². The van der Waals surface area contributed by atoms with Gasteiger partial charge in [0.1, 0.15) is 0 Å². The van der Waals surface area contributed by atoms with Crippen molar-refractivity contribution in [2.45, 2.75) is 75.0 Å². The van der Waals surface area contributed by atoms with E-state index in [4.69, 9.17) is 4.74 Å². The highest BCUT2D eigenvalue weighted by molar-refractivity contribution is 5.51. The summed E-state index contributed by atoms with van der Waals surface area (Å²) >= 11 is 0. The Bertz CT molecular complexity index is 918. The number of hydrogen-bond acceptors (Lipinski definition) is 3. The largest absolute Gasteiger partial charge is 0.379 e. The second-order valence-corrected chi connectivity index (χ2v) is 10.2. The summed E-state index contributed by atoms with van der Waals surface area (Å²) in [5.41, 5.74) is 6.58. The highest BCUT2D eigenvalue weighted by Crippen LogP contribution is 2.49. The van der Waals surface area contributed by atoms with Crippen molar-refractivity contribution in [2.75, 3.05) is 31.6 Å². The monoisotopic (exact) mass is 416 g/mol. The zero-order chi connectivity index (χ0) is 20.8. The molecule has 0 aromatic heterocycles. The van der Waals surface area contributed by atoms with E-state index in [0.717, 1.165) is 18.9 Å². The number of anilines is 1. The molecule has 2 saturated heterocycles. The van der Waals surface area contributed by atoms with Gasteiger partial charge in [0.25, 0.3) is 0 Å². The number of para-hydroxylation sites is 1. The number of benzene rings is 2. The van der Waals surface area contributed by atoms with Crippen molar-refractivity contribution >= 4 is 5.69 Å². The highest BCUT2D eigenvalue weighted by Gasteiger charge is 2.51. The van der Waals surface area contributed by atoms with Crippen LogP contribution in [0.25, 0.3) is 0 Å². The first-order valence-corrected chi connectivity index (χ1v) is 12.5. The fourth-order valence-electron chi connectivity index (χ4n) is 7.56. The van der Waals surface area contributed by atoms with Crippen molar-refractivity contribution in [3.05, 3.63) is 65.2 Å². The molecule has 0 radical (unpaired) electrons. The molecule has 0 amide bonds. The fraction of sp³-hybridized carbons (Fsp3) is 0.571. The maximum Gasteiger partial charge on any atom is 0.0820 e. The van der Waals surface area contributed by atoms with Gasteiger partial charge in [0, 0.05) is 38.5 Å². The summed E-state index contributed by atoms with van der Waals surface area (Å²) in [6.45, 7) is 3.48. The van der Waals surface area contributed by atoms with Crippen molar-refractivity contribution in [2.24, 2.45) is 0 Å². The molecule has 6 rings (SSSR count). The van der Waals surface area contributed by atoms with E-state index >= 15 is 0 Å². The first kappa shape index (κ1) is 19.8. The predicted octanol–water partition coefficient (Wildman–Crippen LogP) is 5.70. The highest BCUT2D eigenvalue weighted by atomic mass is 16.5. The molecule has 2 fully saturated rings. The average Bonchev–Trinajstić information content (AvgIpc) is 3.18. The van der Waals surface area contributed by atoms with E-state index in [1.54, 1.807) is 16.7 Å². The lowest BCUT2D eigenvalue weighted by Gasteiger charge is -2.51. The van der Waals surface area contributed by atoms with Crippen LogP contribution in [0, 0.1) is 0 Å². The van der Waals surface area contributed by atoms with Crippen LogP contribution in [0.2, 0.25) is 0 Å². The zero-order valence-corrected chi connectivity index (χ0v) is 18.9. The Morgan fingerprint density at radius 1 is 0.871 bits per heavy atom. The number of nitrogens with zero attached hydrogens (tertiary/aromatic N) is 2. The smallest absolute Gasteiger partial charge is 0.0820 e. The maximum atomic E-state index is 6.08. The number of methoxy groups -OCH3 is 1. The topological polar surface area (TPSA) is 15.7 Å². The van der Waals surface area contributed by atoms with Crippen molar-refractivity contribution in [1.82, 2.24) is 4.90 Å². The third-order valence-electron chi connectivity index (χ3n) is 8.99. The van der Waals surface area contributed by atoms with E-state index in [2.05, 4.69) is 58.3 Å². The van der Waals surface area contributed by atoms with Crippen LogP contribution >= 0.6 is 0 Å². The molecule has 3 unspecified atom stereocenters. The van der Waals surface area contributed by atoms with Gasteiger partial charge in [-0.25, -0.2) is 0 Å². The molecule has 1 spiro atoms. The van der Waals surface area contributed by atoms with E-state index in [9.17, 15) is 0 Å². The second-order valence-electron chi connectivity index (χ2n) is 10.2. The summed E-state index contributed by atoms with van der Waals surface area (Å²) < 4.78 is 6.08. The van der Waals surface area contributed by atoms with Crippen LogP contribution in [0.15, 0.2) is 48.5 Å². The van der Waals surface area contributed by atoms with Gasteiger partial charge in [-0.1, -0.05) is 36.4 Å². The Labute approximate surface area is 187 Å². The molecule has 31 heavy (non-hydrogen) atoms. The van der Waals surface area contributed by atoms with Gasteiger partial charge in [-0.15, -0.1) is 0 Å². The van der Waals surface area contributed by atoms with E-state index in [0.29, 0.717) is 12.1 Å². The minimum Gasteiger partial charge on any atom is -0.379 e. The van der Waals surface area contributed by atoms with Crippen molar-refractivity contribution < 1.29 is 4.74 Å². The predicted molar refractivity (Wildman–Crippen MR) is 127 cm³/mol. The molecular formula is C28H36N2O. The van der Waals surface area contributed by atoms with Gasteiger partial charge in [0.05, 0.1) is 11.6 Å². The Hall–Kier alpha value is -1.84. The van der Waals surface area contributed by atoms with Crippen LogP contribution in [-0.2, 0) is 11.2 Å². The maximum absolute atomic E-state index is 6.08. The van der Waals surface area contributed by atoms with Gasteiger partial charge in [-0.2, -0.15) is 0 Å². The normalized spacial score (nSPS) is 29.8. The first-order chi connectivity index (χ1) is 15.3. The average molecular weight is 417 g/mol. The van der Waals surface area contributed by atoms with Gasteiger partial charge in [0.15, 0.2) is 0 Å². The number of piperidine rings is 1. The van der Waals surface area contributed by atoms with E-state index < -0.39 is 0 Å². The fourth-order valence-corrected chi connectivity index (χ4v) is 7.56. The van der Waals surface area contributed by atoms with Gasteiger partial charge < -0.3 is 9.64 Å². The van der Waals surface area contributed by atoms with Crippen LogP contribution < -0.4 is 4.90 Å². The lowest BCUT2D eigenvalue weighted by Crippen LogP contribution is -2.58. The molecule has 2 heterocycles. The molecule has 164 valence electrons. The summed E-state index contributed by atoms with van der Waals surface area (Å²) in [5, 5.41) is 0. The zero-order valence-electron chi connectivity index (χ0n) is 18.9. The first-order valence-electron chi connectivity index (χ1n) is 12.5. The lowest BCUT2D eigenvalue weighted by atomic mass is 9.71. The molecule has 3 heteroatoms. The minimum absolute atomic E-state index is 0.153. The molecule has 2 aliphatic carbocycles. The lowest BCUT2D eigenvalue weighted by molar-refractivity contribution is 0.00960. The summed E-state index contributed by atoms with van der Waals surface area (Å²) in [7, 11) is 1.92. The Kier molecular flexibility index (Phi) is 5.07. The SMILES string of the molecule is COC1CCN(c2ccccc2)C12CCN(C1CCC3CCCc4cccc1c43)CC2. The number of ether oxygens (including phenoxy) is 1. The van der Waals surface area contributed by atoms with Gasteiger partial charge >= 0.3 is 0 Å². The molecule has 0 N–H and O–H groups in total. The number of aryl methyl sites for hydroxylation is 1. The van der Waals surface area contributed by atoms with Crippen LogP contribution in [0.3, 0.4) is 0 Å². The molecule has 0 saturated carbocycles. The van der Waals surface area contributed by atoms with Crippen LogP contribution in [0.4, 0.5) is 5.69 Å². The van der Waals surface area contributed by atoms with E-state index in [1.807, 2.05) is 7.11 Å². The van der Waals surface area contributed by atoms with Gasteiger partial charge in [0.2, 0.25) is 0 Å². The minimum atomic E-state index is 0.153. The summed E-state index contributed by atoms with van der Waals surface area (Å²) in [6.07, 6.45) is 10.7. The van der Waals surface area contributed by atoms with Gasteiger partial charge in [-0.05, 0) is 86.1 Å². The summed E-state index contributed by atoms with van der Waals surface area (Å²) in [6, 6.07) is 18.8. The third-order valence-corrected chi connectivity index (χ3v) is 8.99. The molecular weight excluding hydrogens is 380 g/mol. The van der Waals surface area contributed by atoms with Crippen molar-refractivity contribution in [1.29, 1.82) is 0 Å². The molecule has 4 aliphatic rings. The van der Waals surface area contributed by atoms with Crippen LogP contribution in [0.5, 0.6) is 0 Å². The Morgan fingerprint density at radius 2 is 1.71 bits per heavy atom.